The highest BCUT2D eigenvalue weighted by Gasteiger charge is 2.33. The number of phenolic OH excluding ortho intramolecular Hbond substituents is 1. The summed E-state index contributed by atoms with van der Waals surface area (Å²) in [6.45, 7) is 5.29. The highest BCUT2D eigenvalue weighted by molar-refractivity contribution is 6.31. The van der Waals surface area contributed by atoms with Crippen molar-refractivity contribution in [3.63, 3.8) is 0 Å². The summed E-state index contributed by atoms with van der Waals surface area (Å²) in [5.74, 6) is -2.91. The fourth-order valence-corrected chi connectivity index (χ4v) is 4.65. The van der Waals surface area contributed by atoms with E-state index in [0.717, 1.165) is 12.1 Å². The molecular formula is C27H21ClF2N2O3. The molecule has 0 radical (unpaired) electrons. The van der Waals surface area contributed by atoms with Gasteiger partial charge in [-0.2, -0.15) is 5.26 Å². The molecule has 178 valence electrons. The van der Waals surface area contributed by atoms with E-state index in [1.807, 2.05) is 13.8 Å². The number of aromatic nitrogens is 1. The van der Waals surface area contributed by atoms with Crippen molar-refractivity contribution in [1.29, 1.82) is 5.26 Å². The number of nitrogens with zero attached hydrogens (tertiary/aromatic N) is 2. The molecule has 5 nitrogen and oxygen atoms in total. The van der Waals surface area contributed by atoms with E-state index in [2.05, 4.69) is 6.07 Å². The zero-order valence-corrected chi connectivity index (χ0v) is 19.9. The van der Waals surface area contributed by atoms with Gasteiger partial charge < -0.3 is 14.8 Å². The first kappa shape index (κ1) is 24.2. The van der Waals surface area contributed by atoms with Gasteiger partial charge in [0, 0.05) is 33.8 Å². The number of nitriles is 1. The SMILES string of the molecule is Cc1cc(-n2c(C(C)(C)CC#N)c(-c3ccc(C(=O)O)c(F)c3)c3c(O)cc(Cl)cc32)ccc1F. The van der Waals surface area contributed by atoms with Crippen LogP contribution in [-0.4, -0.2) is 20.7 Å². The summed E-state index contributed by atoms with van der Waals surface area (Å²) >= 11 is 6.29. The monoisotopic (exact) mass is 494 g/mol. The maximum absolute atomic E-state index is 14.8. The van der Waals surface area contributed by atoms with Crippen molar-refractivity contribution < 1.29 is 23.8 Å². The number of halogens is 3. The number of rotatable bonds is 5. The molecule has 1 aromatic heterocycles. The molecule has 0 bridgehead atoms. The van der Waals surface area contributed by atoms with Crippen LogP contribution < -0.4 is 0 Å². The fraction of sp³-hybridized carbons (Fsp3) is 0.185. The lowest BCUT2D eigenvalue weighted by Gasteiger charge is -2.27. The van der Waals surface area contributed by atoms with Crippen LogP contribution in [0.2, 0.25) is 5.02 Å². The number of benzene rings is 3. The molecule has 8 heteroatoms. The Bertz CT molecular complexity index is 1550. The predicted octanol–water partition coefficient (Wildman–Crippen LogP) is 7.13. The van der Waals surface area contributed by atoms with Crippen molar-refractivity contribution in [3.05, 3.63) is 82.0 Å². The Morgan fingerprint density at radius 2 is 1.83 bits per heavy atom. The van der Waals surface area contributed by atoms with Crippen LogP contribution in [0.25, 0.3) is 27.7 Å². The van der Waals surface area contributed by atoms with Crippen molar-refractivity contribution >= 4 is 28.5 Å². The second-order valence-corrected chi connectivity index (χ2v) is 9.47. The summed E-state index contributed by atoms with van der Waals surface area (Å²) in [5.41, 5.74) is 1.40. The highest BCUT2D eigenvalue weighted by Crippen LogP contribution is 2.48. The Labute approximate surface area is 205 Å². The number of aryl methyl sites for hydroxylation is 1. The first-order valence-corrected chi connectivity index (χ1v) is 11.1. The Hall–Kier alpha value is -3.89. The normalized spacial score (nSPS) is 11.6. The van der Waals surface area contributed by atoms with Gasteiger partial charge in [0.25, 0.3) is 0 Å². The van der Waals surface area contributed by atoms with Gasteiger partial charge in [0.15, 0.2) is 0 Å². The quantitative estimate of drug-likeness (QED) is 0.309. The second kappa shape index (κ2) is 8.71. The van der Waals surface area contributed by atoms with Crippen LogP contribution in [0, 0.1) is 29.9 Å². The lowest BCUT2D eigenvalue weighted by Crippen LogP contribution is -2.22. The number of aromatic hydroxyl groups is 1. The molecule has 0 aliphatic carbocycles. The molecule has 1 heterocycles. The van der Waals surface area contributed by atoms with E-state index < -0.39 is 28.6 Å². The van der Waals surface area contributed by atoms with Crippen LogP contribution in [0.4, 0.5) is 8.78 Å². The molecule has 4 aromatic rings. The molecule has 0 amide bonds. The third kappa shape index (κ3) is 4.11. The molecule has 0 saturated heterocycles. The van der Waals surface area contributed by atoms with E-state index in [1.165, 1.54) is 18.2 Å². The van der Waals surface area contributed by atoms with Crippen LogP contribution in [0.1, 0.15) is 41.9 Å². The van der Waals surface area contributed by atoms with Gasteiger partial charge in [-0.3, -0.25) is 0 Å². The number of hydrogen-bond donors (Lipinski definition) is 2. The molecule has 0 fully saturated rings. The first-order valence-electron chi connectivity index (χ1n) is 10.7. The van der Waals surface area contributed by atoms with E-state index in [-0.39, 0.29) is 17.2 Å². The van der Waals surface area contributed by atoms with E-state index in [1.54, 1.807) is 29.7 Å². The third-order valence-corrected chi connectivity index (χ3v) is 6.28. The molecule has 0 spiro atoms. The van der Waals surface area contributed by atoms with E-state index in [4.69, 9.17) is 11.6 Å². The highest BCUT2D eigenvalue weighted by atomic mass is 35.5. The molecular weight excluding hydrogens is 474 g/mol. The van der Waals surface area contributed by atoms with Gasteiger partial charge in [0.1, 0.15) is 17.4 Å². The number of carbonyl (C=O) groups is 1. The first-order chi connectivity index (χ1) is 16.5. The van der Waals surface area contributed by atoms with E-state index in [0.29, 0.717) is 39.0 Å². The zero-order valence-electron chi connectivity index (χ0n) is 19.2. The average molecular weight is 495 g/mol. The summed E-state index contributed by atoms with van der Waals surface area (Å²) < 4.78 is 30.7. The third-order valence-electron chi connectivity index (χ3n) is 6.06. The lowest BCUT2D eigenvalue weighted by atomic mass is 9.81. The number of carboxylic acids is 1. The molecule has 0 atom stereocenters. The van der Waals surface area contributed by atoms with E-state index in [9.17, 15) is 29.1 Å². The van der Waals surface area contributed by atoms with Crippen molar-refractivity contribution in [1.82, 2.24) is 4.57 Å². The Morgan fingerprint density at radius 1 is 1.11 bits per heavy atom. The molecule has 35 heavy (non-hydrogen) atoms. The molecule has 2 N–H and O–H groups in total. The molecule has 0 saturated carbocycles. The smallest absolute Gasteiger partial charge is 0.338 e. The summed E-state index contributed by atoms with van der Waals surface area (Å²) in [6, 6.07) is 13.4. The molecule has 0 unspecified atom stereocenters. The minimum atomic E-state index is -1.40. The maximum atomic E-state index is 14.8. The number of fused-ring (bicyclic) bond motifs is 1. The topological polar surface area (TPSA) is 86.2 Å². The minimum absolute atomic E-state index is 0.0701. The number of aromatic carboxylic acids is 1. The van der Waals surface area contributed by atoms with Crippen molar-refractivity contribution in [2.45, 2.75) is 32.6 Å². The Balaban J connectivity index is 2.23. The van der Waals surface area contributed by atoms with Gasteiger partial charge in [0.2, 0.25) is 0 Å². The molecule has 0 aliphatic heterocycles. The predicted molar refractivity (Wildman–Crippen MR) is 130 cm³/mol. The second-order valence-electron chi connectivity index (χ2n) is 9.03. The Kier molecular flexibility index (Phi) is 6.04. The molecule has 3 aromatic carbocycles. The zero-order chi connectivity index (χ0) is 25.7. The summed E-state index contributed by atoms with van der Waals surface area (Å²) in [5, 5.41) is 30.4. The van der Waals surface area contributed by atoms with Crippen LogP contribution in [-0.2, 0) is 5.41 Å². The van der Waals surface area contributed by atoms with Crippen molar-refractivity contribution in [3.8, 4) is 28.6 Å². The van der Waals surface area contributed by atoms with Crippen LogP contribution in [0.15, 0.2) is 48.5 Å². The van der Waals surface area contributed by atoms with Gasteiger partial charge in [-0.05, 0) is 60.5 Å². The van der Waals surface area contributed by atoms with Gasteiger partial charge >= 0.3 is 5.97 Å². The molecule has 0 aliphatic rings. The van der Waals surface area contributed by atoms with Crippen molar-refractivity contribution in [2.75, 3.05) is 0 Å². The van der Waals surface area contributed by atoms with Gasteiger partial charge in [-0.15, -0.1) is 0 Å². The van der Waals surface area contributed by atoms with Crippen LogP contribution >= 0.6 is 11.6 Å². The van der Waals surface area contributed by atoms with Gasteiger partial charge in [0.05, 0.1) is 22.5 Å². The van der Waals surface area contributed by atoms with Crippen LogP contribution in [0.5, 0.6) is 5.75 Å². The van der Waals surface area contributed by atoms with Gasteiger partial charge in [-0.1, -0.05) is 31.5 Å². The number of carboxylic acid groups (broad SMARTS) is 1. The summed E-state index contributed by atoms with van der Waals surface area (Å²) in [4.78, 5) is 11.4. The molecule has 4 rings (SSSR count). The summed E-state index contributed by atoms with van der Waals surface area (Å²) in [6.07, 6.45) is 0.0701. The Morgan fingerprint density at radius 3 is 2.43 bits per heavy atom. The fourth-order valence-electron chi connectivity index (χ4n) is 4.45. The summed E-state index contributed by atoms with van der Waals surface area (Å²) in [7, 11) is 0. The van der Waals surface area contributed by atoms with E-state index >= 15 is 0 Å². The van der Waals surface area contributed by atoms with Gasteiger partial charge in [-0.25, -0.2) is 13.6 Å². The average Bonchev–Trinajstić information content (AvgIpc) is 3.11. The van der Waals surface area contributed by atoms with Crippen molar-refractivity contribution in [2.24, 2.45) is 0 Å². The minimum Gasteiger partial charge on any atom is -0.507 e. The largest absolute Gasteiger partial charge is 0.507 e. The standard InChI is InChI=1S/C27H21ClF2N2O3/c1-14-10-17(5-7-19(14)29)32-21-12-16(28)13-22(33)24(21)23(25(32)27(2,3)8-9-31)15-4-6-18(26(34)35)20(30)11-15/h4-7,10-13,33H,8H2,1-3H3,(H,34,35). The number of hydrogen-bond acceptors (Lipinski definition) is 3. The lowest BCUT2D eigenvalue weighted by molar-refractivity contribution is 0.0692. The number of phenols is 1. The maximum Gasteiger partial charge on any atom is 0.338 e. The van der Waals surface area contributed by atoms with Crippen LogP contribution in [0.3, 0.4) is 0 Å².